The summed E-state index contributed by atoms with van der Waals surface area (Å²) in [6.45, 7) is 3.05. The molecule has 0 bridgehead atoms. The fourth-order valence-electron chi connectivity index (χ4n) is 0.110. The third-order valence-corrected chi connectivity index (χ3v) is 0.296. The maximum absolute atomic E-state index is 9.75. The SMILES string of the molecule is C=COC(=O)C=O. The molecule has 3 nitrogen and oxygen atoms in total. The van der Waals surface area contributed by atoms with Crippen LogP contribution in [0.5, 0.6) is 0 Å². The van der Waals surface area contributed by atoms with Crippen LogP contribution in [0.25, 0.3) is 0 Å². The Labute approximate surface area is 40.6 Å². The first-order chi connectivity index (χ1) is 3.31. The topological polar surface area (TPSA) is 43.4 Å². The molecule has 0 aromatic heterocycles. The number of hydrogen-bond acceptors (Lipinski definition) is 3. The van der Waals surface area contributed by atoms with Crippen LogP contribution in [0.1, 0.15) is 0 Å². The number of aldehydes is 1. The van der Waals surface area contributed by atoms with Gasteiger partial charge in [0.05, 0.1) is 6.26 Å². The van der Waals surface area contributed by atoms with E-state index in [2.05, 4.69) is 11.3 Å². The Balaban J connectivity index is 3.36. The second kappa shape index (κ2) is 3.08. The van der Waals surface area contributed by atoms with Crippen LogP contribution >= 0.6 is 0 Å². The van der Waals surface area contributed by atoms with Gasteiger partial charge in [-0.05, 0) is 0 Å². The highest BCUT2D eigenvalue weighted by molar-refractivity contribution is 6.20. The Kier molecular flexibility index (Phi) is 2.59. The molecular formula is C4H4O3. The van der Waals surface area contributed by atoms with Crippen molar-refractivity contribution in [1.29, 1.82) is 0 Å². The van der Waals surface area contributed by atoms with Crippen LogP contribution < -0.4 is 0 Å². The average Bonchev–Trinajstić information content (AvgIpc) is 1.68. The van der Waals surface area contributed by atoms with Crippen molar-refractivity contribution in [1.82, 2.24) is 0 Å². The molecule has 0 unspecified atom stereocenters. The highest BCUT2D eigenvalue weighted by Crippen LogP contribution is 1.68. The quantitative estimate of drug-likeness (QED) is 0.210. The Morgan fingerprint density at radius 2 is 2.29 bits per heavy atom. The van der Waals surface area contributed by atoms with Crippen LogP contribution in [0.4, 0.5) is 0 Å². The molecule has 0 aliphatic rings. The number of esters is 1. The molecule has 0 atom stereocenters. The van der Waals surface area contributed by atoms with Crippen LogP contribution in [0.2, 0.25) is 0 Å². The van der Waals surface area contributed by atoms with Gasteiger partial charge in [0, 0.05) is 0 Å². The molecular weight excluding hydrogens is 96.0 g/mol. The zero-order valence-electron chi connectivity index (χ0n) is 3.59. The van der Waals surface area contributed by atoms with Gasteiger partial charge in [0.25, 0.3) is 0 Å². The van der Waals surface area contributed by atoms with Gasteiger partial charge >= 0.3 is 5.97 Å². The Morgan fingerprint density at radius 3 is 2.43 bits per heavy atom. The van der Waals surface area contributed by atoms with Crippen molar-refractivity contribution in [2.75, 3.05) is 0 Å². The van der Waals surface area contributed by atoms with Crippen molar-refractivity contribution in [3.63, 3.8) is 0 Å². The molecule has 0 aromatic carbocycles. The molecule has 38 valence electrons. The van der Waals surface area contributed by atoms with Crippen LogP contribution in [0.15, 0.2) is 12.8 Å². The second-order valence-corrected chi connectivity index (χ2v) is 0.721. The van der Waals surface area contributed by atoms with E-state index in [0.29, 0.717) is 0 Å². The summed E-state index contributed by atoms with van der Waals surface area (Å²) in [7, 11) is 0. The lowest BCUT2D eigenvalue weighted by atomic mass is 10.8. The van der Waals surface area contributed by atoms with Crippen molar-refractivity contribution in [3.05, 3.63) is 12.8 Å². The Morgan fingerprint density at radius 1 is 1.71 bits per heavy atom. The molecule has 0 saturated heterocycles. The lowest BCUT2D eigenvalue weighted by Gasteiger charge is -1.82. The zero-order chi connectivity index (χ0) is 5.70. The van der Waals surface area contributed by atoms with Crippen LogP contribution in [0, 0.1) is 0 Å². The monoisotopic (exact) mass is 100 g/mol. The first-order valence-electron chi connectivity index (χ1n) is 1.58. The average molecular weight is 100 g/mol. The molecule has 0 spiro atoms. The van der Waals surface area contributed by atoms with E-state index in [9.17, 15) is 9.59 Å². The maximum atomic E-state index is 9.75. The molecule has 0 rings (SSSR count). The summed E-state index contributed by atoms with van der Waals surface area (Å²) >= 11 is 0. The van der Waals surface area contributed by atoms with Crippen molar-refractivity contribution in [2.45, 2.75) is 0 Å². The fourth-order valence-corrected chi connectivity index (χ4v) is 0.110. The molecule has 0 amide bonds. The number of carbonyl (C=O) groups is 2. The summed E-state index contributed by atoms with van der Waals surface area (Å²) in [4.78, 5) is 19.1. The van der Waals surface area contributed by atoms with Gasteiger partial charge in [-0.2, -0.15) is 0 Å². The van der Waals surface area contributed by atoms with Crippen molar-refractivity contribution < 1.29 is 14.3 Å². The summed E-state index contributed by atoms with van der Waals surface area (Å²) < 4.78 is 3.95. The molecule has 3 heteroatoms. The van der Waals surface area contributed by atoms with E-state index in [4.69, 9.17) is 0 Å². The minimum absolute atomic E-state index is 0.0711. The lowest BCUT2D eigenvalue weighted by Crippen LogP contribution is -1.98. The molecule has 0 saturated carbocycles. The molecule has 0 aliphatic heterocycles. The van der Waals surface area contributed by atoms with Crippen LogP contribution in [-0.2, 0) is 14.3 Å². The van der Waals surface area contributed by atoms with E-state index >= 15 is 0 Å². The summed E-state index contributed by atoms with van der Waals surface area (Å²) in [6, 6.07) is 0. The van der Waals surface area contributed by atoms with Crippen molar-refractivity contribution in [2.24, 2.45) is 0 Å². The largest absolute Gasteiger partial charge is 0.430 e. The zero-order valence-corrected chi connectivity index (χ0v) is 3.59. The van der Waals surface area contributed by atoms with Gasteiger partial charge in [-0.1, -0.05) is 6.58 Å². The van der Waals surface area contributed by atoms with Crippen LogP contribution in [-0.4, -0.2) is 12.3 Å². The molecule has 0 radical (unpaired) electrons. The third-order valence-electron chi connectivity index (χ3n) is 0.296. The molecule has 7 heavy (non-hydrogen) atoms. The van der Waals surface area contributed by atoms with E-state index in [0.717, 1.165) is 6.26 Å². The molecule has 0 fully saturated rings. The van der Waals surface area contributed by atoms with Gasteiger partial charge in [-0.25, -0.2) is 4.79 Å². The van der Waals surface area contributed by atoms with Crippen molar-refractivity contribution >= 4 is 12.3 Å². The summed E-state index contributed by atoms with van der Waals surface area (Å²) in [5.41, 5.74) is 0. The number of ether oxygens (including phenoxy) is 1. The molecule has 0 N–H and O–H groups in total. The van der Waals surface area contributed by atoms with E-state index in [1.165, 1.54) is 0 Å². The normalized spacial score (nSPS) is 6.86. The number of hydrogen-bond donors (Lipinski definition) is 0. The van der Waals surface area contributed by atoms with Gasteiger partial charge in [-0.15, -0.1) is 0 Å². The predicted octanol–water partition coefficient (Wildman–Crippen LogP) is -0.128. The van der Waals surface area contributed by atoms with Gasteiger partial charge in [0.15, 0.2) is 0 Å². The van der Waals surface area contributed by atoms with Gasteiger partial charge in [0.1, 0.15) is 0 Å². The molecule has 0 heterocycles. The van der Waals surface area contributed by atoms with E-state index in [1.807, 2.05) is 0 Å². The van der Waals surface area contributed by atoms with E-state index < -0.39 is 5.97 Å². The fraction of sp³-hybridized carbons (Fsp3) is 0. The third kappa shape index (κ3) is 2.69. The Bertz CT molecular complexity index is 95.1. The Hall–Kier alpha value is -1.12. The van der Waals surface area contributed by atoms with Gasteiger partial charge < -0.3 is 4.74 Å². The second-order valence-electron chi connectivity index (χ2n) is 0.721. The smallest absolute Gasteiger partial charge is 0.376 e. The minimum Gasteiger partial charge on any atom is -0.430 e. The van der Waals surface area contributed by atoms with Gasteiger partial charge in [-0.3, -0.25) is 4.79 Å². The number of rotatable bonds is 2. The summed E-state index contributed by atoms with van der Waals surface area (Å²) in [6.07, 6.45) is 0.971. The summed E-state index contributed by atoms with van der Waals surface area (Å²) in [5, 5.41) is 0. The van der Waals surface area contributed by atoms with E-state index in [1.54, 1.807) is 0 Å². The van der Waals surface area contributed by atoms with Gasteiger partial charge in [0.2, 0.25) is 6.29 Å². The first kappa shape index (κ1) is 5.88. The van der Waals surface area contributed by atoms with E-state index in [-0.39, 0.29) is 6.29 Å². The minimum atomic E-state index is -0.921. The molecule has 0 aliphatic carbocycles. The number of carbonyl (C=O) groups excluding carboxylic acids is 2. The highest BCUT2D eigenvalue weighted by Gasteiger charge is 1.90. The molecule has 0 aromatic rings. The lowest BCUT2D eigenvalue weighted by molar-refractivity contribution is -0.144. The van der Waals surface area contributed by atoms with Crippen LogP contribution in [0.3, 0.4) is 0 Å². The van der Waals surface area contributed by atoms with Crippen molar-refractivity contribution in [3.8, 4) is 0 Å². The predicted molar refractivity (Wildman–Crippen MR) is 22.4 cm³/mol. The first-order valence-corrected chi connectivity index (χ1v) is 1.58. The summed E-state index contributed by atoms with van der Waals surface area (Å²) in [5.74, 6) is -0.921. The standard InChI is InChI=1S/C4H4O3/c1-2-7-4(6)3-5/h2-3H,1H2. The maximum Gasteiger partial charge on any atom is 0.376 e. The highest BCUT2D eigenvalue weighted by atomic mass is 16.5.